The fourth-order valence-electron chi connectivity index (χ4n) is 1.46. The van der Waals surface area contributed by atoms with Gasteiger partial charge in [-0.05, 0) is 24.6 Å². The lowest BCUT2D eigenvalue weighted by Gasteiger charge is -2.21. The van der Waals surface area contributed by atoms with E-state index in [0.717, 1.165) is 11.3 Å². The quantitative estimate of drug-likeness (QED) is 0.746. The minimum atomic E-state index is -3.06. The Morgan fingerprint density at radius 2 is 1.56 bits per heavy atom. The lowest BCUT2D eigenvalue weighted by atomic mass is 10.2. The van der Waals surface area contributed by atoms with Gasteiger partial charge in [0.05, 0.1) is 12.8 Å². The maximum Gasteiger partial charge on any atom is 0.337 e. The predicted octanol–water partition coefficient (Wildman–Crippen LogP) is 3.24. The van der Waals surface area contributed by atoms with E-state index in [1.807, 2.05) is 31.2 Å². The second-order valence-corrected chi connectivity index (χ2v) is 5.94. The third-order valence-corrected chi connectivity index (χ3v) is 4.85. The molecule has 0 amide bonds. The zero-order chi connectivity index (χ0) is 12.2. The second kappa shape index (κ2) is 5.48. The molecule has 1 aromatic rings. The fourth-order valence-corrected chi connectivity index (χ4v) is 2.77. The number of benzene rings is 1. The number of hydrogen-bond acceptors (Lipinski definition) is 4. The van der Waals surface area contributed by atoms with Crippen LogP contribution in [0.3, 0.4) is 0 Å². The first-order chi connectivity index (χ1) is 7.57. The maximum atomic E-state index is 12.1. The van der Waals surface area contributed by atoms with Gasteiger partial charge in [0, 0.05) is 14.2 Å². The molecule has 0 radical (unpaired) electrons. The van der Waals surface area contributed by atoms with Crippen LogP contribution in [0.5, 0.6) is 5.75 Å². The lowest BCUT2D eigenvalue weighted by molar-refractivity contribution is 0.267. The van der Waals surface area contributed by atoms with Gasteiger partial charge in [0.1, 0.15) is 5.75 Å². The number of methoxy groups -OCH3 is 1. The number of ether oxygens (including phenoxy) is 1. The average molecular weight is 244 g/mol. The summed E-state index contributed by atoms with van der Waals surface area (Å²) in [5, 5.41) is 0. The Hall–Kier alpha value is -0.830. The van der Waals surface area contributed by atoms with Crippen molar-refractivity contribution in [3.63, 3.8) is 0 Å². The SMILES string of the molecule is COc1ccc([C@@H](C)P(=O)(OC)OC)cc1. The molecule has 1 rings (SSSR count). The average Bonchev–Trinajstić information content (AvgIpc) is 2.37. The van der Waals surface area contributed by atoms with Crippen LogP contribution in [-0.2, 0) is 13.6 Å². The Morgan fingerprint density at radius 3 is 1.94 bits per heavy atom. The monoisotopic (exact) mass is 244 g/mol. The van der Waals surface area contributed by atoms with Crippen LogP contribution in [0.1, 0.15) is 18.1 Å². The normalized spacial score (nSPS) is 13.5. The standard InChI is InChI=1S/C11H17O4P/c1-9(16(12,14-3)15-4)10-5-7-11(13-2)8-6-10/h5-9H,1-4H3/t9-/m1/s1. The summed E-state index contributed by atoms with van der Waals surface area (Å²) in [6.45, 7) is 1.82. The molecule has 1 atom stereocenters. The van der Waals surface area contributed by atoms with Gasteiger partial charge in [-0.25, -0.2) is 0 Å². The third-order valence-electron chi connectivity index (χ3n) is 2.58. The molecule has 0 saturated heterocycles. The van der Waals surface area contributed by atoms with E-state index in [2.05, 4.69) is 0 Å². The molecule has 0 heterocycles. The molecular formula is C11H17O4P. The predicted molar refractivity (Wildman–Crippen MR) is 63.0 cm³/mol. The molecule has 0 aromatic heterocycles. The zero-order valence-corrected chi connectivity index (χ0v) is 10.9. The Labute approximate surface area is 96.1 Å². The molecule has 0 spiro atoms. The van der Waals surface area contributed by atoms with Crippen molar-refractivity contribution in [3.05, 3.63) is 29.8 Å². The minimum Gasteiger partial charge on any atom is -0.497 e. The van der Waals surface area contributed by atoms with Crippen molar-refractivity contribution in [2.75, 3.05) is 21.3 Å². The number of hydrogen-bond donors (Lipinski definition) is 0. The van der Waals surface area contributed by atoms with E-state index < -0.39 is 7.60 Å². The summed E-state index contributed by atoms with van der Waals surface area (Å²) in [4.78, 5) is 0. The van der Waals surface area contributed by atoms with E-state index in [1.54, 1.807) is 7.11 Å². The van der Waals surface area contributed by atoms with Crippen molar-refractivity contribution in [3.8, 4) is 5.75 Å². The van der Waals surface area contributed by atoms with Gasteiger partial charge in [-0.15, -0.1) is 0 Å². The Morgan fingerprint density at radius 1 is 1.06 bits per heavy atom. The highest BCUT2D eigenvalue weighted by Crippen LogP contribution is 2.59. The lowest BCUT2D eigenvalue weighted by Crippen LogP contribution is -1.99. The van der Waals surface area contributed by atoms with Crippen LogP contribution in [-0.4, -0.2) is 21.3 Å². The summed E-state index contributed by atoms with van der Waals surface area (Å²) >= 11 is 0. The van der Waals surface area contributed by atoms with Crippen LogP contribution in [0.15, 0.2) is 24.3 Å². The third kappa shape index (κ3) is 2.64. The molecule has 90 valence electrons. The fraction of sp³-hybridized carbons (Fsp3) is 0.455. The van der Waals surface area contributed by atoms with Crippen LogP contribution in [0, 0.1) is 0 Å². The van der Waals surface area contributed by atoms with Crippen molar-refractivity contribution in [1.29, 1.82) is 0 Å². The Kier molecular flexibility index (Phi) is 4.54. The molecule has 0 N–H and O–H groups in total. The van der Waals surface area contributed by atoms with Crippen molar-refractivity contribution < 1.29 is 18.3 Å². The summed E-state index contributed by atoms with van der Waals surface area (Å²) in [7, 11) is 1.33. The molecule has 0 unspecified atom stereocenters. The maximum absolute atomic E-state index is 12.1. The van der Waals surface area contributed by atoms with Crippen molar-refractivity contribution >= 4 is 7.60 Å². The topological polar surface area (TPSA) is 44.8 Å². The van der Waals surface area contributed by atoms with E-state index in [-0.39, 0.29) is 5.66 Å². The Balaban J connectivity index is 2.95. The molecule has 0 aliphatic rings. The van der Waals surface area contributed by atoms with Gasteiger partial charge in [-0.1, -0.05) is 12.1 Å². The summed E-state index contributed by atoms with van der Waals surface area (Å²) in [5.74, 6) is 0.764. The van der Waals surface area contributed by atoms with Gasteiger partial charge >= 0.3 is 7.60 Å². The molecule has 0 saturated carbocycles. The molecule has 0 bridgehead atoms. The van der Waals surface area contributed by atoms with Gasteiger partial charge < -0.3 is 13.8 Å². The summed E-state index contributed by atoms with van der Waals surface area (Å²) in [5.41, 5.74) is 0.598. The number of rotatable bonds is 5. The van der Waals surface area contributed by atoms with Crippen LogP contribution < -0.4 is 4.74 Å². The largest absolute Gasteiger partial charge is 0.497 e. The van der Waals surface area contributed by atoms with E-state index >= 15 is 0 Å². The first-order valence-electron chi connectivity index (χ1n) is 4.92. The van der Waals surface area contributed by atoms with Gasteiger partial charge in [-0.2, -0.15) is 0 Å². The highest BCUT2D eigenvalue weighted by atomic mass is 31.2. The van der Waals surface area contributed by atoms with E-state index in [1.165, 1.54) is 14.2 Å². The zero-order valence-electron chi connectivity index (χ0n) is 9.97. The molecule has 5 heteroatoms. The minimum absolute atomic E-state index is 0.298. The molecule has 1 aromatic carbocycles. The highest BCUT2D eigenvalue weighted by molar-refractivity contribution is 7.54. The van der Waals surface area contributed by atoms with Gasteiger partial charge in [0.2, 0.25) is 0 Å². The van der Waals surface area contributed by atoms with E-state index in [9.17, 15) is 4.57 Å². The van der Waals surface area contributed by atoms with Crippen molar-refractivity contribution in [2.24, 2.45) is 0 Å². The van der Waals surface area contributed by atoms with Gasteiger partial charge in [0.15, 0.2) is 0 Å². The summed E-state index contributed by atoms with van der Waals surface area (Å²) < 4.78 is 27.1. The molecular weight excluding hydrogens is 227 g/mol. The van der Waals surface area contributed by atoms with Crippen molar-refractivity contribution in [1.82, 2.24) is 0 Å². The van der Waals surface area contributed by atoms with E-state index in [4.69, 9.17) is 13.8 Å². The van der Waals surface area contributed by atoms with Gasteiger partial charge in [0.25, 0.3) is 0 Å². The molecule has 0 fully saturated rings. The second-order valence-electron chi connectivity index (χ2n) is 3.35. The molecule has 4 nitrogen and oxygen atoms in total. The summed E-state index contributed by atoms with van der Waals surface area (Å²) in [6, 6.07) is 7.35. The van der Waals surface area contributed by atoms with Gasteiger partial charge in [-0.3, -0.25) is 4.57 Å². The summed E-state index contributed by atoms with van der Waals surface area (Å²) in [6.07, 6.45) is 0. The Bertz CT molecular complexity index is 366. The van der Waals surface area contributed by atoms with Crippen LogP contribution >= 0.6 is 7.60 Å². The molecule has 16 heavy (non-hydrogen) atoms. The highest BCUT2D eigenvalue weighted by Gasteiger charge is 2.31. The van der Waals surface area contributed by atoms with E-state index in [0.29, 0.717) is 0 Å². The molecule has 0 aliphatic heterocycles. The van der Waals surface area contributed by atoms with Crippen LogP contribution in [0.2, 0.25) is 0 Å². The molecule has 0 aliphatic carbocycles. The van der Waals surface area contributed by atoms with Crippen LogP contribution in [0.4, 0.5) is 0 Å². The first kappa shape index (κ1) is 13.2. The van der Waals surface area contributed by atoms with Crippen molar-refractivity contribution in [2.45, 2.75) is 12.6 Å². The smallest absolute Gasteiger partial charge is 0.337 e. The van der Waals surface area contributed by atoms with Crippen LogP contribution in [0.25, 0.3) is 0 Å². The first-order valence-corrected chi connectivity index (χ1v) is 6.53.